The highest BCUT2D eigenvalue weighted by Gasteiger charge is 2.20. The van der Waals surface area contributed by atoms with Gasteiger partial charge in [-0.05, 0) is 52.9 Å². The lowest BCUT2D eigenvalue weighted by Gasteiger charge is -2.26. The van der Waals surface area contributed by atoms with E-state index >= 15 is 0 Å². The number of aromatic nitrogens is 3. The molecule has 0 atom stereocenters. The Morgan fingerprint density at radius 3 is 2.50 bits per heavy atom. The lowest BCUT2D eigenvalue weighted by atomic mass is 9.96. The first-order chi connectivity index (χ1) is 19.5. The van der Waals surface area contributed by atoms with Crippen molar-refractivity contribution in [2.24, 2.45) is 0 Å². The molecular formula is C31H22ClFN4O3. The number of nitrogens with one attached hydrogen (secondary N) is 2. The molecule has 1 saturated heterocycles. The summed E-state index contributed by atoms with van der Waals surface area (Å²) in [4.78, 5) is 38.5. The average molecular weight is 553 g/mol. The standard InChI is InChI=1S/C31H22ClFN4O3/c32-23-2-1-3-24(33)26(23)29-35-27-20-9-8-19(16-22(20)25-21(28(27)36-29)10-11-34-30(25)38)17-4-6-18(7-5-17)31(39)37-12-14-40-15-13-37/h1-11,16H,12-15H2,(H,34,38)(H,35,36). The molecule has 9 heteroatoms. The van der Waals surface area contributed by atoms with Crippen LogP contribution in [-0.4, -0.2) is 52.1 Å². The van der Waals surface area contributed by atoms with Crippen molar-refractivity contribution in [1.82, 2.24) is 19.9 Å². The van der Waals surface area contributed by atoms with Crippen LogP contribution < -0.4 is 5.56 Å². The summed E-state index contributed by atoms with van der Waals surface area (Å²) in [5.74, 6) is -0.217. The summed E-state index contributed by atoms with van der Waals surface area (Å²) in [6.07, 6.45) is 1.58. The molecule has 1 aliphatic rings. The van der Waals surface area contributed by atoms with Gasteiger partial charge in [0.25, 0.3) is 11.5 Å². The Bertz CT molecular complexity index is 1990. The molecule has 0 aliphatic carbocycles. The molecule has 0 saturated carbocycles. The largest absolute Gasteiger partial charge is 0.378 e. The third-order valence-corrected chi connectivity index (χ3v) is 7.76. The molecular weight excluding hydrogens is 531 g/mol. The summed E-state index contributed by atoms with van der Waals surface area (Å²) in [6, 6.07) is 19.6. The van der Waals surface area contributed by atoms with Gasteiger partial charge < -0.3 is 19.6 Å². The molecule has 1 fully saturated rings. The Labute approximate surface area is 232 Å². The van der Waals surface area contributed by atoms with Crippen molar-refractivity contribution in [3.8, 4) is 22.5 Å². The zero-order chi connectivity index (χ0) is 27.4. The molecule has 3 heterocycles. The van der Waals surface area contributed by atoms with Gasteiger partial charge in [-0.2, -0.15) is 0 Å². The summed E-state index contributed by atoms with van der Waals surface area (Å²) < 4.78 is 20.1. The summed E-state index contributed by atoms with van der Waals surface area (Å²) >= 11 is 6.33. The molecule has 40 heavy (non-hydrogen) atoms. The minimum Gasteiger partial charge on any atom is -0.378 e. The first kappa shape index (κ1) is 24.5. The summed E-state index contributed by atoms with van der Waals surface area (Å²) in [5.41, 5.74) is 3.58. The molecule has 0 spiro atoms. The number of ether oxygens (including phenoxy) is 1. The van der Waals surface area contributed by atoms with E-state index in [2.05, 4.69) is 9.97 Å². The third kappa shape index (κ3) is 3.95. The molecule has 2 N–H and O–H groups in total. The van der Waals surface area contributed by atoms with E-state index in [-0.39, 0.29) is 27.9 Å². The van der Waals surface area contributed by atoms with Crippen LogP contribution in [0, 0.1) is 5.82 Å². The van der Waals surface area contributed by atoms with Gasteiger partial charge in [0.2, 0.25) is 0 Å². The van der Waals surface area contributed by atoms with E-state index in [4.69, 9.17) is 21.3 Å². The fourth-order valence-electron chi connectivity index (χ4n) is 5.45. The van der Waals surface area contributed by atoms with Gasteiger partial charge in [-0.1, -0.05) is 41.9 Å². The predicted octanol–water partition coefficient (Wildman–Crippen LogP) is 6.16. The number of carbonyl (C=O) groups is 1. The smallest absolute Gasteiger partial charge is 0.256 e. The van der Waals surface area contributed by atoms with Crippen molar-refractivity contribution in [1.29, 1.82) is 0 Å². The molecule has 198 valence electrons. The van der Waals surface area contributed by atoms with Crippen LogP contribution in [0.3, 0.4) is 0 Å². The van der Waals surface area contributed by atoms with Crippen molar-refractivity contribution < 1.29 is 13.9 Å². The highest BCUT2D eigenvalue weighted by Crippen LogP contribution is 2.37. The van der Waals surface area contributed by atoms with Gasteiger partial charge >= 0.3 is 0 Å². The zero-order valence-corrected chi connectivity index (χ0v) is 21.9. The van der Waals surface area contributed by atoms with Crippen LogP contribution in [-0.2, 0) is 4.74 Å². The molecule has 0 radical (unpaired) electrons. The minimum absolute atomic E-state index is 0.0161. The fourth-order valence-corrected chi connectivity index (χ4v) is 5.70. The maximum absolute atomic E-state index is 14.8. The molecule has 7 rings (SSSR count). The maximum atomic E-state index is 14.8. The van der Waals surface area contributed by atoms with E-state index in [1.54, 1.807) is 23.2 Å². The number of amides is 1. The van der Waals surface area contributed by atoms with Gasteiger partial charge in [0.05, 0.1) is 40.2 Å². The lowest BCUT2D eigenvalue weighted by Crippen LogP contribution is -2.40. The SMILES string of the molecule is O=C(c1ccc(-c2ccc3c(c2)c2c(=O)[nH]ccc2c2[nH]c(-c4c(F)cccc4Cl)nc32)cc1)N1CCOCC1. The van der Waals surface area contributed by atoms with Gasteiger partial charge in [0.1, 0.15) is 11.6 Å². The van der Waals surface area contributed by atoms with Crippen LogP contribution in [0.2, 0.25) is 5.02 Å². The fraction of sp³-hybridized carbons (Fsp3) is 0.129. The monoisotopic (exact) mass is 552 g/mol. The number of hydrogen-bond donors (Lipinski definition) is 2. The second kappa shape index (κ2) is 9.59. The summed E-state index contributed by atoms with van der Waals surface area (Å²) in [5, 5.41) is 2.87. The Hall–Kier alpha value is -4.53. The van der Waals surface area contributed by atoms with E-state index in [1.807, 2.05) is 48.5 Å². The van der Waals surface area contributed by atoms with E-state index < -0.39 is 5.82 Å². The van der Waals surface area contributed by atoms with Crippen molar-refractivity contribution in [3.05, 3.63) is 99.7 Å². The Kier molecular flexibility index (Phi) is 5.87. The highest BCUT2D eigenvalue weighted by molar-refractivity contribution is 6.33. The topological polar surface area (TPSA) is 91.1 Å². The number of morpholine rings is 1. The molecule has 6 aromatic rings. The van der Waals surface area contributed by atoms with Crippen LogP contribution in [0.15, 0.2) is 77.7 Å². The first-order valence-corrected chi connectivity index (χ1v) is 13.3. The van der Waals surface area contributed by atoms with E-state index in [0.29, 0.717) is 59.1 Å². The normalized spacial score (nSPS) is 13.9. The zero-order valence-electron chi connectivity index (χ0n) is 21.1. The van der Waals surface area contributed by atoms with Crippen LogP contribution in [0.4, 0.5) is 4.39 Å². The number of pyridine rings is 1. The van der Waals surface area contributed by atoms with Crippen molar-refractivity contribution in [2.45, 2.75) is 0 Å². The van der Waals surface area contributed by atoms with Crippen molar-refractivity contribution in [2.75, 3.05) is 26.3 Å². The van der Waals surface area contributed by atoms with E-state index in [1.165, 1.54) is 6.07 Å². The number of benzene rings is 4. The van der Waals surface area contributed by atoms with Gasteiger partial charge in [0, 0.05) is 35.6 Å². The molecule has 0 unspecified atom stereocenters. The number of carbonyl (C=O) groups excluding carboxylic acids is 1. The van der Waals surface area contributed by atoms with Crippen molar-refractivity contribution in [3.63, 3.8) is 0 Å². The molecule has 2 aromatic heterocycles. The van der Waals surface area contributed by atoms with Gasteiger partial charge in [-0.3, -0.25) is 9.59 Å². The van der Waals surface area contributed by atoms with Crippen LogP contribution >= 0.6 is 11.6 Å². The molecule has 1 amide bonds. The number of fused-ring (bicyclic) bond motifs is 6. The van der Waals surface area contributed by atoms with Gasteiger partial charge in [0.15, 0.2) is 0 Å². The lowest BCUT2D eigenvalue weighted by molar-refractivity contribution is 0.0303. The number of imidazole rings is 1. The highest BCUT2D eigenvalue weighted by atomic mass is 35.5. The number of hydrogen-bond acceptors (Lipinski definition) is 4. The number of halogens is 2. The van der Waals surface area contributed by atoms with Crippen LogP contribution in [0.5, 0.6) is 0 Å². The third-order valence-electron chi connectivity index (χ3n) is 7.44. The number of nitrogens with zero attached hydrogens (tertiary/aromatic N) is 2. The van der Waals surface area contributed by atoms with E-state index in [0.717, 1.165) is 16.5 Å². The first-order valence-electron chi connectivity index (χ1n) is 12.9. The molecule has 7 nitrogen and oxygen atoms in total. The predicted molar refractivity (Wildman–Crippen MR) is 154 cm³/mol. The second-order valence-electron chi connectivity index (χ2n) is 9.74. The number of rotatable bonds is 3. The van der Waals surface area contributed by atoms with Crippen LogP contribution in [0.25, 0.3) is 55.1 Å². The molecule has 1 aliphatic heterocycles. The minimum atomic E-state index is -0.490. The van der Waals surface area contributed by atoms with E-state index in [9.17, 15) is 14.0 Å². The van der Waals surface area contributed by atoms with Gasteiger partial charge in [-0.15, -0.1) is 0 Å². The summed E-state index contributed by atoms with van der Waals surface area (Å²) in [7, 11) is 0. The molecule has 0 bridgehead atoms. The Morgan fingerprint density at radius 1 is 0.950 bits per heavy atom. The van der Waals surface area contributed by atoms with Gasteiger partial charge in [-0.25, -0.2) is 9.37 Å². The maximum Gasteiger partial charge on any atom is 0.256 e. The summed E-state index contributed by atoms with van der Waals surface area (Å²) in [6.45, 7) is 2.26. The Morgan fingerprint density at radius 2 is 1.73 bits per heavy atom. The Balaban J connectivity index is 1.38. The number of aromatic amines is 2. The second-order valence-corrected chi connectivity index (χ2v) is 10.2. The average Bonchev–Trinajstić information content (AvgIpc) is 3.42. The molecule has 4 aromatic carbocycles. The number of H-pyrrole nitrogens is 2. The van der Waals surface area contributed by atoms with Crippen LogP contribution in [0.1, 0.15) is 10.4 Å². The van der Waals surface area contributed by atoms with Crippen molar-refractivity contribution >= 4 is 50.1 Å². The quantitative estimate of drug-likeness (QED) is 0.257.